The zero-order valence-corrected chi connectivity index (χ0v) is 11.6. The molecule has 0 saturated carbocycles. The van der Waals surface area contributed by atoms with E-state index in [1.165, 1.54) is 10.6 Å². The van der Waals surface area contributed by atoms with Crippen LogP contribution in [0.2, 0.25) is 0 Å². The van der Waals surface area contributed by atoms with E-state index >= 15 is 0 Å². The van der Waals surface area contributed by atoms with Crippen LogP contribution in [0.4, 0.5) is 0 Å². The second-order valence-corrected chi connectivity index (χ2v) is 6.53. The lowest BCUT2D eigenvalue weighted by molar-refractivity contribution is 0.0764. The number of aromatic nitrogens is 1. The van der Waals surface area contributed by atoms with Crippen molar-refractivity contribution in [3.63, 3.8) is 0 Å². The van der Waals surface area contributed by atoms with Gasteiger partial charge in [-0.1, -0.05) is 0 Å². The largest absolute Gasteiger partial charge is 0.337 e. The maximum Gasteiger partial charge on any atom is 0.254 e. The van der Waals surface area contributed by atoms with Gasteiger partial charge in [-0.3, -0.25) is 9.78 Å². The van der Waals surface area contributed by atoms with Crippen molar-refractivity contribution in [2.75, 3.05) is 32.4 Å². The highest BCUT2D eigenvalue weighted by Gasteiger charge is 2.24. The number of sulfonamides is 1. The maximum absolute atomic E-state index is 12.2. The fraction of sp³-hybridized carbons (Fsp3) is 0.500. The minimum Gasteiger partial charge on any atom is -0.337 e. The summed E-state index contributed by atoms with van der Waals surface area (Å²) >= 11 is 0. The number of nitrogens with zero attached hydrogens (tertiary/aromatic N) is 3. The molecule has 0 spiro atoms. The van der Waals surface area contributed by atoms with E-state index in [4.69, 9.17) is 0 Å². The Kier molecular flexibility index (Phi) is 4.16. The van der Waals surface area contributed by atoms with Crippen molar-refractivity contribution in [3.8, 4) is 0 Å². The molecule has 2 rings (SSSR count). The molecule has 1 aliphatic rings. The van der Waals surface area contributed by atoms with Gasteiger partial charge in [0.1, 0.15) is 0 Å². The molecule has 1 amide bonds. The van der Waals surface area contributed by atoms with Crippen molar-refractivity contribution in [1.82, 2.24) is 14.2 Å². The molecule has 0 N–H and O–H groups in total. The van der Waals surface area contributed by atoms with Crippen LogP contribution in [0.5, 0.6) is 0 Å². The molecular formula is C12H17N3O3S. The zero-order valence-electron chi connectivity index (χ0n) is 10.8. The van der Waals surface area contributed by atoms with E-state index in [0.717, 1.165) is 0 Å². The van der Waals surface area contributed by atoms with Gasteiger partial charge in [-0.2, -0.15) is 0 Å². The number of carbonyl (C=O) groups excluding carboxylic acids is 1. The first-order valence-electron chi connectivity index (χ1n) is 6.13. The molecule has 1 aromatic heterocycles. The third-order valence-electron chi connectivity index (χ3n) is 3.14. The van der Waals surface area contributed by atoms with Gasteiger partial charge < -0.3 is 4.90 Å². The molecule has 0 atom stereocenters. The summed E-state index contributed by atoms with van der Waals surface area (Å²) in [4.78, 5) is 17.8. The van der Waals surface area contributed by atoms with Gasteiger partial charge in [-0.05, 0) is 18.6 Å². The number of amides is 1. The number of pyridine rings is 1. The summed E-state index contributed by atoms with van der Waals surface area (Å²) in [5.41, 5.74) is 0.586. The molecule has 1 aliphatic heterocycles. The molecule has 1 fully saturated rings. The summed E-state index contributed by atoms with van der Waals surface area (Å²) in [6.07, 6.45) is 5.01. The first-order chi connectivity index (χ1) is 8.98. The molecule has 2 heterocycles. The van der Waals surface area contributed by atoms with Crippen molar-refractivity contribution in [2.45, 2.75) is 6.42 Å². The van der Waals surface area contributed by atoms with Crippen LogP contribution < -0.4 is 0 Å². The normalized spacial score (nSPS) is 18.1. The smallest absolute Gasteiger partial charge is 0.254 e. The van der Waals surface area contributed by atoms with Crippen LogP contribution in [0.3, 0.4) is 0 Å². The number of hydrogen-bond donors (Lipinski definition) is 0. The average molecular weight is 283 g/mol. The summed E-state index contributed by atoms with van der Waals surface area (Å²) in [6.45, 7) is 1.83. The summed E-state index contributed by atoms with van der Waals surface area (Å²) in [7, 11) is -3.18. The molecule has 1 aromatic rings. The van der Waals surface area contributed by atoms with Crippen molar-refractivity contribution >= 4 is 15.9 Å². The van der Waals surface area contributed by atoms with Crippen molar-refractivity contribution in [1.29, 1.82) is 0 Å². The van der Waals surface area contributed by atoms with Crippen molar-refractivity contribution < 1.29 is 13.2 Å². The van der Waals surface area contributed by atoms with Gasteiger partial charge in [0.25, 0.3) is 5.91 Å². The molecule has 0 aromatic carbocycles. The Labute approximate surface area is 113 Å². The SMILES string of the molecule is CS(=O)(=O)N1CCCN(C(=O)c2ccncc2)CC1. The monoisotopic (exact) mass is 283 g/mol. The van der Waals surface area contributed by atoms with Gasteiger partial charge in [0.05, 0.1) is 6.26 Å². The Morgan fingerprint density at radius 1 is 1.16 bits per heavy atom. The highest BCUT2D eigenvalue weighted by molar-refractivity contribution is 7.88. The van der Waals surface area contributed by atoms with Crippen molar-refractivity contribution in [2.24, 2.45) is 0 Å². The first-order valence-corrected chi connectivity index (χ1v) is 7.98. The van der Waals surface area contributed by atoms with Crippen LogP contribution in [-0.4, -0.2) is 60.9 Å². The quantitative estimate of drug-likeness (QED) is 0.777. The van der Waals surface area contributed by atoms with E-state index in [-0.39, 0.29) is 5.91 Å². The number of rotatable bonds is 2. The Balaban J connectivity index is 2.06. The molecule has 1 saturated heterocycles. The van der Waals surface area contributed by atoms with Gasteiger partial charge in [0, 0.05) is 44.1 Å². The summed E-state index contributed by atoms with van der Waals surface area (Å²) < 4.78 is 24.4. The highest BCUT2D eigenvalue weighted by Crippen LogP contribution is 2.10. The molecule has 0 unspecified atom stereocenters. The molecule has 6 nitrogen and oxygen atoms in total. The lowest BCUT2D eigenvalue weighted by atomic mass is 10.2. The van der Waals surface area contributed by atoms with Crippen LogP contribution in [-0.2, 0) is 10.0 Å². The molecule has 19 heavy (non-hydrogen) atoms. The minimum atomic E-state index is -3.18. The fourth-order valence-electron chi connectivity index (χ4n) is 2.11. The lowest BCUT2D eigenvalue weighted by Crippen LogP contribution is -2.36. The van der Waals surface area contributed by atoms with Crippen LogP contribution >= 0.6 is 0 Å². The predicted molar refractivity (Wildman–Crippen MR) is 71.2 cm³/mol. The summed E-state index contributed by atoms with van der Waals surface area (Å²) in [5, 5.41) is 0. The van der Waals surface area contributed by atoms with E-state index in [9.17, 15) is 13.2 Å². The topological polar surface area (TPSA) is 70.6 Å². The Hall–Kier alpha value is -1.47. The van der Waals surface area contributed by atoms with Gasteiger partial charge in [-0.25, -0.2) is 12.7 Å². The summed E-state index contributed by atoms with van der Waals surface area (Å²) in [5.74, 6) is -0.0715. The van der Waals surface area contributed by atoms with E-state index in [0.29, 0.717) is 38.2 Å². The van der Waals surface area contributed by atoms with Gasteiger partial charge in [0.2, 0.25) is 10.0 Å². The lowest BCUT2D eigenvalue weighted by Gasteiger charge is -2.21. The summed E-state index contributed by atoms with van der Waals surface area (Å²) in [6, 6.07) is 3.34. The molecule has 104 valence electrons. The third-order valence-corrected chi connectivity index (χ3v) is 4.44. The van der Waals surface area contributed by atoms with E-state index in [2.05, 4.69) is 4.98 Å². The van der Waals surface area contributed by atoms with Gasteiger partial charge in [0.15, 0.2) is 0 Å². The van der Waals surface area contributed by atoms with Crippen LogP contribution in [0.25, 0.3) is 0 Å². The van der Waals surface area contributed by atoms with E-state index in [1.807, 2.05) is 0 Å². The second-order valence-electron chi connectivity index (χ2n) is 4.54. The Bertz CT molecular complexity index is 545. The molecule has 0 bridgehead atoms. The van der Waals surface area contributed by atoms with Crippen LogP contribution in [0, 0.1) is 0 Å². The zero-order chi connectivity index (χ0) is 13.9. The molecule has 0 aliphatic carbocycles. The van der Waals surface area contributed by atoms with Crippen LogP contribution in [0.1, 0.15) is 16.8 Å². The van der Waals surface area contributed by atoms with Gasteiger partial charge in [-0.15, -0.1) is 0 Å². The Morgan fingerprint density at radius 3 is 2.47 bits per heavy atom. The standard InChI is InChI=1S/C12H17N3O3S/c1-19(17,18)15-8-2-7-14(9-10-15)12(16)11-3-5-13-6-4-11/h3-6H,2,7-10H2,1H3. The molecule has 7 heteroatoms. The van der Waals surface area contributed by atoms with Crippen LogP contribution in [0.15, 0.2) is 24.5 Å². The number of hydrogen-bond acceptors (Lipinski definition) is 4. The predicted octanol–water partition coefficient (Wildman–Crippen LogP) is 0.189. The van der Waals surface area contributed by atoms with E-state index in [1.54, 1.807) is 29.4 Å². The highest BCUT2D eigenvalue weighted by atomic mass is 32.2. The maximum atomic E-state index is 12.2. The third kappa shape index (κ3) is 3.51. The fourth-order valence-corrected chi connectivity index (χ4v) is 2.98. The average Bonchev–Trinajstić information content (AvgIpc) is 2.64. The molecular weight excluding hydrogens is 266 g/mol. The second kappa shape index (κ2) is 5.66. The first kappa shape index (κ1) is 14.0. The van der Waals surface area contributed by atoms with E-state index < -0.39 is 10.0 Å². The number of carbonyl (C=O) groups is 1. The molecule has 0 radical (unpaired) electrons. The van der Waals surface area contributed by atoms with Crippen molar-refractivity contribution in [3.05, 3.63) is 30.1 Å². The minimum absolute atomic E-state index is 0.0715. The Morgan fingerprint density at radius 2 is 1.84 bits per heavy atom. The van der Waals surface area contributed by atoms with Gasteiger partial charge >= 0.3 is 0 Å².